The van der Waals surface area contributed by atoms with Crippen LogP contribution in [0.25, 0.3) is 15.9 Å². The number of hydrogen-bond acceptors (Lipinski definition) is 5. The van der Waals surface area contributed by atoms with Gasteiger partial charge in [-0.3, -0.25) is 4.68 Å². The first-order valence-corrected chi connectivity index (χ1v) is 8.51. The van der Waals surface area contributed by atoms with Crippen LogP contribution in [-0.2, 0) is 13.0 Å². The van der Waals surface area contributed by atoms with Crippen LogP contribution in [0.1, 0.15) is 34.6 Å². The van der Waals surface area contributed by atoms with Crippen molar-refractivity contribution in [2.45, 2.75) is 40.7 Å². The minimum atomic E-state index is 0.577. The highest BCUT2D eigenvalue weighted by Crippen LogP contribution is 2.31. The summed E-state index contributed by atoms with van der Waals surface area (Å²) in [5.41, 5.74) is 4.35. The molecule has 0 spiro atoms. The fourth-order valence-corrected chi connectivity index (χ4v) is 4.15. The minimum absolute atomic E-state index is 0.577. The maximum atomic E-state index is 4.77. The molecular weight excluding hydrogens is 308 g/mol. The van der Waals surface area contributed by atoms with E-state index in [0.717, 1.165) is 39.5 Å². The van der Waals surface area contributed by atoms with Crippen molar-refractivity contribution in [3.05, 3.63) is 40.0 Å². The summed E-state index contributed by atoms with van der Waals surface area (Å²) < 4.78 is 3.73. The molecule has 4 heterocycles. The number of fused-ring (bicyclic) bond motifs is 3. The van der Waals surface area contributed by atoms with E-state index < -0.39 is 0 Å². The molecule has 0 amide bonds. The Hall–Kier alpha value is -2.28. The smallest absolute Gasteiger partial charge is 0.173 e. The molecule has 0 aromatic carbocycles. The number of aromatic nitrogens is 6. The minimum Gasteiger partial charge on any atom is -0.262 e. The van der Waals surface area contributed by atoms with E-state index >= 15 is 0 Å². The molecule has 0 aliphatic carbocycles. The molecule has 0 aliphatic heterocycles. The summed E-state index contributed by atoms with van der Waals surface area (Å²) in [7, 11) is 0. The molecule has 0 bridgehead atoms. The van der Waals surface area contributed by atoms with Crippen LogP contribution in [0, 0.1) is 20.8 Å². The van der Waals surface area contributed by atoms with Crippen molar-refractivity contribution in [1.29, 1.82) is 0 Å². The van der Waals surface area contributed by atoms with Crippen molar-refractivity contribution < 1.29 is 0 Å². The molecule has 4 aromatic heterocycles. The van der Waals surface area contributed by atoms with Crippen LogP contribution in [-0.4, -0.2) is 29.4 Å². The number of aryl methyl sites for hydroxylation is 4. The Morgan fingerprint density at radius 2 is 2.00 bits per heavy atom. The van der Waals surface area contributed by atoms with Crippen molar-refractivity contribution >= 4 is 27.2 Å². The summed E-state index contributed by atoms with van der Waals surface area (Å²) in [6.07, 6.45) is 2.73. The first-order valence-electron chi connectivity index (χ1n) is 7.70. The van der Waals surface area contributed by atoms with Crippen LogP contribution in [0.3, 0.4) is 0 Å². The van der Waals surface area contributed by atoms with Crippen LogP contribution in [0.4, 0.5) is 0 Å². The zero-order valence-corrected chi connectivity index (χ0v) is 14.5. The number of nitrogens with zero attached hydrogens (tertiary/aromatic N) is 6. The lowest BCUT2D eigenvalue weighted by molar-refractivity contribution is 0.630. The Morgan fingerprint density at radius 3 is 2.70 bits per heavy atom. The van der Waals surface area contributed by atoms with E-state index in [1.807, 2.05) is 18.5 Å². The van der Waals surface area contributed by atoms with Crippen LogP contribution < -0.4 is 0 Å². The van der Waals surface area contributed by atoms with E-state index in [1.54, 1.807) is 22.2 Å². The predicted octanol–water partition coefficient (Wildman–Crippen LogP) is 3.07. The molecule has 4 rings (SSSR count). The highest BCUT2D eigenvalue weighted by Gasteiger charge is 2.16. The third-order valence-corrected chi connectivity index (χ3v) is 5.18. The highest BCUT2D eigenvalue weighted by molar-refractivity contribution is 7.18. The average Bonchev–Trinajstić information content (AvgIpc) is 3.13. The van der Waals surface area contributed by atoms with Gasteiger partial charge in [-0.15, -0.1) is 16.4 Å². The van der Waals surface area contributed by atoms with E-state index in [9.17, 15) is 0 Å². The van der Waals surface area contributed by atoms with Crippen molar-refractivity contribution in [3.63, 3.8) is 0 Å². The Kier molecular flexibility index (Phi) is 3.19. The van der Waals surface area contributed by atoms with E-state index in [1.165, 1.54) is 10.4 Å². The topological polar surface area (TPSA) is 60.9 Å². The number of thiophene rings is 1. The second-order valence-corrected chi connectivity index (χ2v) is 7.00. The Morgan fingerprint density at radius 1 is 1.17 bits per heavy atom. The summed E-state index contributed by atoms with van der Waals surface area (Å²) in [6, 6.07) is 2.06. The fraction of sp³-hybridized carbons (Fsp3) is 0.375. The maximum Gasteiger partial charge on any atom is 0.173 e. The second-order valence-electron chi connectivity index (χ2n) is 5.80. The van der Waals surface area contributed by atoms with Gasteiger partial charge in [-0.25, -0.2) is 14.5 Å². The van der Waals surface area contributed by atoms with Crippen molar-refractivity contribution in [2.75, 3.05) is 0 Å². The lowest BCUT2D eigenvalue weighted by Crippen LogP contribution is -2.05. The third-order valence-electron chi connectivity index (χ3n) is 4.12. The number of hydrogen-bond donors (Lipinski definition) is 0. The van der Waals surface area contributed by atoms with E-state index in [2.05, 4.69) is 35.1 Å². The van der Waals surface area contributed by atoms with E-state index in [0.29, 0.717) is 6.54 Å². The first kappa shape index (κ1) is 14.3. The van der Waals surface area contributed by atoms with Gasteiger partial charge in [0.05, 0.1) is 11.1 Å². The zero-order chi connectivity index (χ0) is 16.1. The van der Waals surface area contributed by atoms with Gasteiger partial charge in [0.15, 0.2) is 11.5 Å². The molecule has 0 radical (unpaired) electrons. The molecule has 0 N–H and O–H groups in total. The van der Waals surface area contributed by atoms with Gasteiger partial charge in [-0.1, -0.05) is 6.92 Å². The van der Waals surface area contributed by atoms with Crippen molar-refractivity contribution in [1.82, 2.24) is 29.4 Å². The molecule has 0 aliphatic rings. The standard InChI is InChI=1S/C16H18N6S/c1-5-12-11(4)23-16-14(12)15-18-13(20-22(15)8-17-16)7-21-10(3)6-9(2)19-21/h6,8H,5,7H2,1-4H3. The van der Waals surface area contributed by atoms with Crippen LogP contribution >= 0.6 is 11.3 Å². The lowest BCUT2D eigenvalue weighted by atomic mass is 10.1. The predicted molar refractivity (Wildman–Crippen MR) is 91.1 cm³/mol. The molecular formula is C16H18N6S. The van der Waals surface area contributed by atoms with Gasteiger partial charge in [0.25, 0.3) is 0 Å². The molecule has 0 fully saturated rings. The Balaban J connectivity index is 1.87. The van der Waals surface area contributed by atoms with Crippen LogP contribution in [0.5, 0.6) is 0 Å². The highest BCUT2D eigenvalue weighted by atomic mass is 32.1. The molecule has 0 saturated heterocycles. The molecule has 23 heavy (non-hydrogen) atoms. The van der Waals surface area contributed by atoms with E-state index in [4.69, 9.17) is 4.98 Å². The second kappa shape index (κ2) is 5.13. The van der Waals surface area contributed by atoms with Gasteiger partial charge in [-0.2, -0.15) is 5.10 Å². The summed E-state index contributed by atoms with van der Waals surface area (Å²) in [6.45, 7) is 8.94. The molecule has 0 saturated carbocycles. The monoisotopic (exact) mass is 326 g/mol. The number of rotatable bonds is 3. The fourth-order valence-electron chi connectivity index (χ4n) is 3.07. The molecule has 0 unspecified atom stereocenters. The van der Waals surface area contributed by atoms with E-state index in [-0.39, 0.29) is 0 Å². The largest absolute Gasteiger partial charge is 0.262 e. The molecule has 4 aromatic rings. The molecule has 6 nitrogen and oxygen atoms in total. The van der Waals surface area contributed by atoms with Crippen molar-refractivity contribution in [3.8, 4) is 0 Å². The third kappa shape index (κ3) is 2.23. The quantitative estimate of drug-likeness (QED) is 0.580. The van der Waals surface area contributed by atoms with Gasteiger partial charge in [-0.05, 0) is 38.8 Å². The summed E-state index contributed by atoms with van der Waals surface area (Å²) in [5, 5.41) is 10.2. The van der Waals surface area contributed by atoms with Gasteiger partial charge in [0.1, 0.15) is 17.7 Å². The van der Waals surface area contributed by atoms with Gasteiger partial charge < -0.3 is 0 Å². The van der Waals surface area contributed by atoms with Crippen LogP contribution in [0.2, 0.25) is 0 Å². The van der Waals surface area contributed by atoms with Gasteiger partial charge in [0.2, 0.25) is 0 Å². The zero-order valence-electron chi connectivity index (χ0n) is 13.7. The summed E-state index contributed by atoms with van der Waals surface area (Å²) in [5.74, 6) is 0.761. The first-order chi connectivity index (χ1) is 11.1. The maximum absolute atomic E-state index is 4.77. The normalized spacial score (nSPS) is 11.8. The molecule has 7 heteroatoms. The Bertz CT molecular complexity index is 1020. The average molecular weight is 326 g/mol. The lowest BCUT2D eigenvalue weighted by Gasteiger charge is -1.99. The van der Waals surface area contributed by atoms with Gasteiger partial charge in [0, 0.05) is 10.6 Å². The van der Waals surface area contributed by atoms with Crippen LogP contribution in [0.15, 0.2) is 12.4 Å². The SMILES string of the molecule is CCc1c(C)sc2ncn3nc(Cn4nc(C)cc4C)nc3c12. The van der Waals surface area contributed by atoms with Gasteiger partial charge >= 0.3 is 0 Å². The molecule has 0 atom stereocenters. The van der Waals surface area contributed by atoms with Crippen molar-refractivity contribution in [2.24, 2.45) is 0 Å². The summed E-state index contributed by atoms with van der Waals surface area (Å²) in [4.78, 5) is 11.7. The molecule has 118 valence electrons. The Labute approximate surface area is 137 Å². The summed E-state index contributed by atoms with van der Waals surface area (Å²) >= 11 is 1.73.